The summed E-state index contributed by atoms with van der Waals surface area (Å²) in [5.74, 6) is 0.682. The van der Waals surface area contributed by atoms with Crippen LogP contribution in [-0.2, 0) is 9.59 Å². The molecule has 0 spiro atoms. The highest BCUT2D eigenvalue weighted by Crippen LogP contribution is 2.35. The fourth-order valence-corrected chi connectivity index (χ4v) is 3.95. The predicted octanol–water partition coefficient (Wildman–Crippen LogP) is 3.21. The van der Waals surface area contributed by atoms with E-state index in [1.165, 1.54) is 11.8 Å². The molecule has 1 unspecified atom stereocenters. The summed E-state index contributed by atoms with van der Waals surface area (Å²) < 4.78 is 16.3. The number of hydrogen-bond donors (Lipinski definition) is 3. The van der Waals surface area contributed by atoms with Crippen LogP contribution in [0.3, 0.4) is 0 Å². The number of benzene rings is 2. The molecule has 1 atom stereocenters. The first-order chi connectivity index (χ1) is 14.9. The van der Waals surface area contributed by atoms with E-state index >= 15 is 0 Å². The van der Waals surface area contributed by atoms with Crippen LogP contribution in [0, 0.1) is 0 Å². The summed E-state index contributed by atoms with van der Waals surface area (Å²) in [4.78, 5) is 23.9. The highest BCUT2D eigenvalue weighted by atomic mass is 35.5. The van der Waals surface area contributed by atoms with E-state index < -0.39 is 11.4 Å². The Balaban J connectivity index is 1.76. The molecule has 1 saturated heterocycles. The van der Waals surface area contributed by atoms with Crippen molar-refractivity contribution in [1.29, 1.82) is 0 Å². The molecular formula is C21H22ClN3O5S. The number of carbonyl (C=O) groups is 2. The van der Waals surface area contributed by atoms with E-state index in [2.05, 4.69) is 10.6 Å². The molecule has 8 nitrogen and oxygen atoms in total. The lowest BCUT2D eigenvalue weighted by Crippen LogP contribution is -2.31. The Morgan fingerprint density at radius 2 is 2.00 bits per heavy atom. The van der Waals surface area contributed by atoms with Crippen LogP contribution < -0.4 is 30.6 Å². The normalized spacial score (nSPS) is 16.7. The van der Waals surface area contributed by atoms with Crippen molar-refractivity contribution in [3.05, 3.63) is 51.9 Å². The zero-order valence-corrected chi connectivity index (χ0v) is 18.5. The molecule has 0 aliphatic carbocycles. The Labute approximate surface area is 189 Å². The minimum Gasteiger partial charge on any atom is -0.495 e. The minimum atomic E-state index is -0.581. The van der Waals surface area contributed by atoms with E-state index in [0.29, 0.717) is 39.5 Å². The highest BCUT2D eigenvalue weighted by molar-refractivity contribution is 8.05. The first-order valence-electron chi connectivity index (χ1n) is 9.37. The largest absolute Gasteiger partial charge is 0.495 e. The van der Waals surface area contributed by atoms with Gasteiger partial charge >= 0.3 is 0 Å². The SMILES string of the molecule is CCOc1cc(/C=C2\SC(Nc3cc(Cl)ccc3OC)NC2=O)ccc1OCC(N)=O. The number of carbonyl (C=O) groups excluding carboxylic acids is 2. The number of hydrogen-bond acceptors (Lipinski definition) is 7. The number of rotatable bonds is 9. The number of nitrogens with two attached hydrogens (primary N) is 1. The number of methoxy groups -OCH3 is 1. The average molecular weight is 464 g/mol. The fourth-order valence-electron chi connectivity index (χ4n) is 2.80. The summed E-state index contributed by atoms with van der Waals surface area (Å²) in [6.45, 7) is 2.00. The molecule has 3 rings (SSSR count). The van der Waals surface area contributed by atoms with Gasteiger partial charge in [-0.25, -0.2) is 0 Å². The molecule has 1 fully saturated rings. The van der Waals surface area contributed by atoms with Gasteiger partial charge in [0, 0.05) is 5.02 Å². The average Bonchev–Trinajstić information content (AvgIpc) is 3.06. The Hall–Kier alpha value is -3.04. The van der Waals surface area contributed by atoms with Gasteiger partial charge in [-0.3, -0.25) is 9.59 Å². The predicted molar refractivity (Wildman–Crippen MR) is 121 cm³/mol. The van der Waals surface area contributed by atoms with E-state index in [4.69, 9.17) is 31.5 Å². The van der Waals surface area contributed by atoms with Gasteiger partial charge in [-0.05, 0) is 48.9 Å². The van der Waals surface area contributed by atoms with E-state index in [-0.39, 0.29) is 12.5 Å². The molecular weight excluding hydrogens is 442 g/mol. The number of ether oxygens (including phenoxy) is 3. The van der Waals surface area contributed by atoms with Crippen LogP contribution in [0.2, 0.25) is 5.02 Å². The van der Waals surface area contributed by atoms with Crippen molar-refractivity contribution in [2.75, 3.05) is 25.6 Å². The van der Waals surface area contributed by atoms with Crippen molar-refractivity contribution < 1.29 is 23.8 Å². The summed E-state index contributed by atoms with van der Waals surface area (Å²) in [6.07, 6.45) is 1.75. The lowest BCUT2D eigenvalue weighted by Gasteiger charge is -2.15. The Morgan fingerprint density at radius 1 is 1.23 bits per heavy atom. The Kier molecular flexibility index (Phi) is 7.54. The first-order valence-corrected chi connectivity index (χ1v) is 10.6. The second-order valence-corrected chi connectivity index (χ2v) is 7.95. The molecule has 1 aliphatic heterocycles. The Bertz CT molecular complexity index is 1010. The number of halogens is 1. The molecule has 10 heteroatoms. The van der Waals surface area contributed by atoms with Gasteiger partial charge < -0.3 is 30.6 Å². The van der Waals surface area contributed by atoms with Crippen molar-refractivity contribution in [2.24, 2.45) is 5.73 Å². The van der Waals surface area contributed by atoms with Crippen molar-refractivity contribution in [3.8, 4) is 17.2 Å². The summed E-state index contributed by atoms with van der Waals surface area (Å²) >= 11 is 7.40. The standard InChI is InChI=1S/C21H22ClN3O5S/c1-3-29-17-8-12(4-6-16(17)30-11-19(23)26)9-18-20(27)25-21(31-18)24-14-10-13(22)5-7-15(14)28-2/h4-10,21,24H,3,11H2,1-2H3,(H2,23,26)(H,25,27)/b18-9-. The monoisotopic (exact) mass is 463 g/mol. The summed E-state index contributed by atoms with van der Waals surface area (Å²) in [5.41, 5.74) is 6.15. The number of anilines is 1. The fraction of sp³-hybridized carbons (Fsp3) is 0.238. The second kappa shape index (κ2) is 10.3. The van der Waals surface area contributed by atoms with Gasteiger partial charge in [0.1, 0.15) is 5.75 Å². The summed E-state index contributed by atoms with van der Waals surface area (Å²) in [7, 11) is 1.56. The van der Waals surface area contributed by atoms with Crippen LogP contribution in [0.5, 0.6) is 17.2 Å². The van der Waals surface area contributed by atoms with E-state index in [1.54, 1.807) is 49.6 Å². The van der Waals surface area contributed by atoms with Crippen molar-refractivity contribution in [3.63, 3.8) is 0 Å². The first kappa shape index (κ1) is 22.6. The van der Waals surface area contributed by atoms with Crippen LogP contribution in [0.25, 0.3) is 6.08 Å². The molecule has 0 radical (unpaired) electrons. The highest BCUT2D eigenvalue weighted by Gasteiger charge is 2.28. The molecule has 1 heterocycles. The lowest BCUT2D eigenvalue weighted by molar-refractivity contribution is -0.120. The number of nitrogens with one attached hydrogen (secondary N) is 2. The van der Waals surface area contributed by atoms with Gasteiger partial charge in [0.15, 0.2) is 23.6 Å². The van der Waals surface area contributed by atoms with E-state index in [9.17, 15) is 9.59 Å². The van der Waals surface area contributed by atoms with Gasteiger partial charge in [-0.1, -0.05) is 29.4 Å². The van der Waals surface area contributed by atoms with Crippen molar-refractivity contribution >= 4 is 46.9 Å². The molecule has 4 N–H and O–H groups in total. The molecule has 0 aromatic heterocycles. The van der Waals surface area contributed by atoms with Gasteiger partial charge in [-0.2, -0.15) is 0 Å². The molecule has 2 amide bonds. The lowest BCUT2D eigenvalue weighted by atomic mass is 10.2. The van der Waals surface area contributed by atoms with Crippen LogP contribution in [-0.4, -0.2) is 37.6 Å². The van der Waals surface area contributed by atoms with Gasteiger partial charge in [0.2, 0.25) is 0 Å². The van der Waals surface area contributed by atoms with Crippen LogP contribution in [0.1, 0.15) is 12.5 Å². The molecule has 2 aromatic rings. The summed E-state index contributed by atoms with van der Waals surface area (Å²) in [5, 5.41) is 6.63. The maximum atomic E-state index is 12.5. The topological polar surface area (TPSA) is 112 Å². The molecule has 2 aromatic carbocycles. The molecule has 164 valence electrons. The molecule has 1 aliphatic rings. The van der Waals surface area contributed by atoms with Crippen molar-refractivity contribution in [2.45, 2.75) is 12.4 Å². The smallest absolute Gasteiger partial charge is 0.260 e. The number of amides is 2. The number of primary amides is 1. The quantitative estimate of drug-likeness (QED) is 0.489. The maximum absolute atomic E-state index is 12.5. The van der Waals surface area contributed by atoms with Gasteiger partial charge in [-0.15, -0.1) is 0 Å². The van der Waals surface area contributed by atoms with E-state index in [1.807, 2.05) is 6.92 Å². The van der Waals surface area contributed by atoms with Gasteiger partial charge in [0.25, 0.3) is 11.8 Å². The third-order valence-electron chi connectivity index (χ3n) is 4.11. The van der Waals surface area contributed by atoms with Crippen LogP contribution in [0.4, 0.5) is 5.69 Å². The molecule has 0 bridgehead atoms. The number of thioether (sulfide) groups is 1. The van der Waals surface area contributed by atoms with Gasteiger partial charge in [0.05, 0.1) is 24.3 Å². The second-order valence-electron chi connectivity index (χ2n) is 6.36. The molecule has 0 saturated carbocycles. The Morgan fingerprint density at radius 3 is 2.71 bits per heavy atom. The minimum absolute atomic E-state index is 0.212. The third kappa shape index (κ3) is 5.99. The molecule has 31 heavy (non-hydrogen) atoms. The van der Waals surface area contributed by atoms with Crippen LogP contribution in [0.15, 0.2) is 41.3 Å². The van der Waals surface area contributed by atoms with E-state index in [0.717, 1.165) is 5.56 Å². The zero-order valence-electron chi connectivity index (χ0n) is 16.9. The zero-order chi connectivity index (χ0) is 22.4. The third-order valence-corrected chi connectivity index (χ3v) is 5.38. The maximum Gasteiger partial charge on any atom is 0.260 e. The van der Waals surface area contributed by atoms with Crippen LogP contribution >= 0.6 is 23.4 Å². The summed E-state index contributed by atoms with van der Waals surface area (Å²) in [6, 6.07) is 10.4. The van der Waals surface area contributed by atoms with Crippen molar-refractivity contribution in [1.82, 2.24) is 5.32 Å².